The first-order chi connectivity index (χ1) is 19.8. The minimum atomic E-state index is 0.739. The Balaban J connectivity index is 1.48. The Labute approximate surface area is 238 Å². The molecule has 0 aliphatic carbocycles. The molecule has 4 nitrogen and oxygen atoms in total. The highest BCUT2D eigenvalue weighted by molar-refractivity contribution is 6.01. The lowest BCUT2D eigenvalue weighted by atomic mass is 9.95. The Hall–Kier alpha value is -4.02. The lowest BCUT2D eigenvalue weighted by molar-refractivity contribution is 0.574. The summed E-state index contributed by atoms with van der Waals surface area (Å²) in [5.41, 5.74) is 10.9. The van der Waals surface area contributed by atoms with E-state index in [2.05, 4.69) is 90.2 Å². The number of fused-ring (bicyclic) bond motifs is 1. The molecule has 0 radical (unpaired) electrons. The minimum Gasteiger partial charge on any atom is -0.369 e. The van der Waals surface area contributed by atoms with Crippen molar-refractivity contribution < 1.29 is 0 Å². The first-order valence-electron chi connectivity index (χ1n) is 14.8. The van der Waals surface area contributed by atoms with Crippen LogP contribution in [0.2, 0.25) is 0 Å². The zero-order chi connectivity index (χ0) is 27.4. The quantitative estimate of drug-likeness (QED) is 0.141. The Bertz CT molecular complexity index is 1480. The highest BCUT2D eigenvalue weighted by Gasteiger charge is 2.20. The fourth-order valence-electron chi connectivity index (χ4n) is 5.35. The van der Waals surface area contributed by atoms with Crippen LogP contribution in [0.1, 0.15) is 51.4 Å². The van der Waals surface area contributed by atoms with Crippen molar-refractivity contribution >= 4 is 16.6 Å². The van der Waals surface area contributed by atoms with E-state index in [4.69, 9.17) is 15.7 Å². The summed E-state index contributed by atoms with van der Waals surface area (Å²) in [5, 5.41) is 6.13. The van der Waals surface area contributed by atoms with E-state index >= 15 is 0 Å². The average Bonchev–Trinajstić information content (AvgIpc) is 3.02. The smallest absolute Gasteiger partial charge is 0.162 e. The standard InChI is InChI=1S/C36H40N4/c37-26-15-5-3-1-2-4-6-16-27-38-36-33(29-19-9-7-10-20-29)34(39-35(40-36)30-21-11-8-12-22-30)32-25-17-23-28-18-13-14-24-31(28)32/h7-14,17-25H,1-6,15-16,26-27,37H2,(H,38,39,40). The second kappa shape index (κ2) is 14.4. The van der Waals surface area contributed by atoms with Gasteiger partial charge >= 0.3 is 0 Å². The molecule has 0 atom stereocenters. The van der Waals surface area contributed by atoms with Crippen LogP contribution in [0, 0.1) is 0 Å². The molecule has 4 heteroatoms. The summed E-state index contributed by atoms with van der Waals surface area (Å²) in [6.07, 6.45) is 9.94. The van der Waals surface area contributed by atoms with Gasteiger partial charge in [-0.05, 0) is 35.7 Å². The van der Waals surface area contributed by atoms with Crippen LogP contribution in [0.4, 0.5) is 5.82 Å². The molecule has 1 aromatic heterocycles. The summed E-state index contributed by atoms with van der Waals surface area (Å²) < 4.78 is 0. The van der Waals surface area contributed by atoms with Gasteiger partial charge in [0.25, 0.3) is 0 Å². The lowest BCUT2D eigenvalue weighted by Crippen LogP contribution is -2.08. The van der Waals surface area contributed by atoms with Gasteiger partial charge in [0, 0.05) is 17.7 Å². The highest BCUT2D eigenvalue weighted by atomic mass is 15.0. The predicted molar refractivity (Wildman–Crippen MR) is 170 cm³/mol. The van der Waals surface area contributed by atoms with Gasteiger partial charge in [0.1, 0.15) is 5.82 Å². The van der Waals surface area contributed by atoms with E-state index in [1.165, 1.54) is 49.3 Å². The fraction of sp³-hybridized carbons (Fsp3) is 0.278. The molecule has 204 valence electrons. The monoisotopic (exact) mass is 528 g/mol. The first-order valence-corrected chi connectivity index (χ1v) is 14.8. The number of benzene rings is 4. The van der Waals surface area contributed by atoms with Crippen LogP contribution in [0.15, 0.2) is 103 Å². The lowest BCUT2D eigenvalue weighted by Gasteiger charge is -2.18. The van der Waals surface area contributed by atoms with Crippen molar-refractivity contribution in [1.29, 1.82) is 0 Å². The van der Waals surface area contributed by atoms with Crippen LogP contribution < -0.4 is 11.1 Å². The van der Waals surface area contributed by atoms with Crippen LogP contribution in [0.25, 0.3) is 44.5 Å². The molecule has 0 aliphatic heterocycles. The normalized spacial score (nSPS) is 11.1. The molecule has 1 heterocycles. The van der Waals surface area contributed by atoms with Crippen molar-refractivity contribution in [2.24, 2.45) is 5.73 Å². The van der Waals surface area contributed by atoms with Gasteiger partial charge in [-0.15, -0.1) is 0 Å². The van der Waals surface area contributed by atoms with Gasteiger partial charge in [0.05, 0.1) is 11.3 Å². The van der Waals surface area contributed by atoms with Crippen LogP contribution >= 0.6 is 0 Å². The van der Waals surface area contributed by atoms with Gasteiger partial charge in [-0.3, -0.25) is 0 Å². The Kier molecular flexibility index (Phi) is 9.91. The highest BCUT2D eigenvalue weighted by Crippen LogP contribution is 2.40. The third-order valence-corrected chi connectivity index (χ3v) is 7.47. The van der Waals surface area contributed by atoms with Gasteiger partial charge in [-0.1, -0.05) is 142 Å². The van der Waals surface area contributed by atoms with Crippen LogP contribution in [0.3, 0.4) is 0 Å². The molecule has 3 N–H and O–H groups in total. The van der Waals surface area contributed by atoms with E-state index in [1.807, 2.05) is 18.2 Å². The molecule has 5 aromatic rings. The van der Waals surface area contributed by atoms with E-state index in [1.54, 1.807) is 0 Å². The van der Waals surface area contributed by atoms with Crippen LogP contribution in [0.5, 0.6) is 0 Å². The third kappa shape index (κ3) is 6.94. The summed E-state index contributed by atoms with van der Waals surface area (Å²) in [6, 6.07) is 35.9. The summed E-state index contributed by atoms with van der Waals surface area (Å²) in [7, 11) is 0. The molecule has 0 spiro atoms. The minimum absolute atomic E-state index is 0.739. The number of hydrogen-bond acceptors (Lipinski definition) is 4. The number of nitrogens with zero attached hydrogens (tertiary/aromatic N) is 2. The number of anilines is 1. The Morgan fingerprint density at radius 2 is 1.15 bits per heavy atom. The second-order valence-corrected chi connectivity index (χ2v) is 10.4. The van der Waals surface area contributed by atoms with Gasteiger partial charge in [-0.25, -0.2) is 9.97 Å². The van der Waals surface area contributed by atoms with E-state index in [-0.39, 0.29) is 0 Å². The molecule has 0 saturated heterocycles. The van der Waals surface area contributed by atoms with Crippen LogP contribution in [-0.4, -0.2) is 23.1 Å². The van der Waals surface area contributed by atoms with Gasteiger partial charge < -0.3 is 11.1 Å². The number of nitrogens with one attached hydrogen (secondary N) is 1. The van der Waals surface area contributed by atoms with E-state index < -0.39 is 0 Å². The second-order valence-electron chi connectivity index (χ2n) is 10.4. The summed E-state index contributed by atoms with van der Waals surface area (Å²) in [6.45, 7) is 1.70. The summed E-state index contributed by atoms with van der Waals surface area (Å²) >= 11 is 0. The van der Waals surface area contributed by atoms with E-state index in [0.29, 0.717) is 0 Å². The molecule has 40 heavy (non-hydrogen) atoms. The van der Waals surface area contributed by atoms with Crippen molar-refractivity contribution in [1.82, 2.24) is 9.97 Å². The predicted octanol–water partition coefficient (Wildman–Crippen LogP) is 9.12. The van der Waals surface area contributed by atoms with Gasteiger partial charge in [-0.2, -0.15) is 0 Å². The van der Waals surface area contributed by atoms with Crippen molar-refractivity contribution in [2.45, 2.75) is 51.4 Å². The number of hydrogen-bond donors (Lipinski definition) is 2. The molecular formula is C36H40N4. The maximum absolute atomic E-state index is 5.61. The molecule has 0 amide bonds. The maximum Gasteiger partial charge on any atom is 0.162 e. The number of aromatic nitrogens is 2. The molecule has 0 aliphatic rings. The number of rotatable bonds is 14. The van der Waals surface area contributed by atoms with Gasteiger partial charge in [0.15, 0.2) is 5.82 Å². The summed E-state index contributed by atoms with van der Waals surface area (Å²) in [5.74, 6) is 1.63. The molecule has 0 bridgehead atoms. The van der Waals surface area contributed by atoms with Crippen molar-refractivity contribution in [3.63, 3.8) is 0 Å². The van der Waals surface area contributed by atoms with E-state index in [0.717, 1.165) is 65.5 Å². The first kappa shape index (κ1) is 27.5. The zero-order valence-electron chi connectivity index (χ0n) is 23.4. The molecular weight excluding hydrogens is 488 g/mol. The van der Waals surface area contributed by atoms with E-state index in [9.17, 15) is 0 Å². The molecule has 0 unspecified atom stereocenters. The van der Waals surface area contributed by atoms with Crippen molar-refractivity contribution in [2.75, 3.05) is 18.4 Å². The largest absolute Gasteiger partial charge is 0.369 e. The summed E-state index contributed by atoms with van der Waals surface area (Å²) in [4.78, 5) is 10.4. The van der Waals surface area contributed by atoms with Crippen molar-refractivity contribution in [3.8, 4) is 33.8 Å². The Morgan fingerprint density at radius 3 is 1.88 bits per heavy atom. The number of unbranched alkanes of at least 4 members (excludes halogenated alkanes) is 7. The Morgan fingerprint density at radius 1 is 0.550 bits per heavy atom. The topological polar surface area (TPSA) is 63.8 Å². The number of nitrogens with two attached hydrogens (primary N) is 1. The zero-order valence-corrected chi connectivity index (χ0v) is 23.4. The molecule has 0 fully saturated rings. The van der Waals surface area contributed by atoms with Gasteiger partial charge in [0.2, 0.25) is 0 Å². The SMILES string of the molecule is NCCCCCCCCCCNc1nc(-c2ccccc2)nc(-c2cccc3ccccc23)c1-c1ccccc1. The van der Waals surface area contributed by atoms with Crippen molar-refractivity contribution in [3.05, 3.63) is 103 Å². The van der Waals surface area contributed by atoms with Crippen LogP contribution in [-0.2, 0) is 0 Å². The maximum atomic E-state index is 5.61. The molecule has 4 aromatic carbocycles. The third-order valence-electron chi connectivity index (χ3n) is 7.47. The molecule has 0 saturated carbocycles. The molecule has 5 rings (SSSR count). The fourth-order valence-corrected chi connectivity index (χ4v) is 5.35. The average molecular weight is 529 g/mol.